The Labute approximate surface area is 199 Å². The van der Waals surface area contributed by atoms with Gasteiger partial charge in [-0.15, -0.1) is 11.3 Å². The first-order valence-electron chi connectivity index (χ1n) is 11.0. The van der Waals surface area contributed by atoms with Crippen molar-refractivity contribution in [3.05, 3.63) is 76.4 Å². The van der Waals surface area contributed by atoms with Crippen molar-refractivity contribution in [1.29, 1.82) is 0 Å². The number of piperidine rings is 1. The highest BCUT2D eigenvalue weighted by Crippen LogP contribution is 2.23. The monoisotopic (exact) mass is 483 g/mol. The molecule has 1 aliphatic rings. The SMILES string of the molecule is Cc1ccc(-n2c(C)cc(/C=C/C(=O)N3CCC(NS(=O)(=O)c4cccs4)CC3)c2C)cc1. The summed E-state index contributed by atoms with van der Waals surface area (Å²) in [6.45, 7) is 7.25. The highest BCUT2D eigenvalue weighted by atomic mass is 32.2. The Morgan fingerprint density at radius 1 is 1.09 bits per heavy atom. The predicted octanol–water partition coefficient (Wildman–Crippen LogP) is 4.45. The number of carbonyl (C=O) groups excluding carboxylic acids is 1. The molecule has 3 heterocycles. The van der Waals surface area contributed by atoms with E-state index in [0.29, 0.717) is 30.1 Å². The zero-order chi connectivity index (χ0) is 23.6. The fraction of sp³-hybridized carbons (Fsp3) is 0.320. The quantitative estimate of drug-likeness (QED) is 0.527. The number of hydrogen-bond donors (Lipinski definition) is 1. The molecule has 3 aromatic rings. The number of amides is 1. The van der Waals surface area contributed by atoms with Gasteiger partial charge in [0.05, 0.1) is 0 Å². The third-order valence-corrected chi connectivity index (χ3v) is 8.97. The Hall–Kier alpha value is -2.68. The van der Waals surface area contributed by atoms with Crippen molar-refractivity contribution in [1.82, 2.24) is 14.2 Å². The van der Waals surface area contributed by atoms with Crippen LogP contribution in [-0.4, -0.2) is 42.9 Å². The molecule has 174 valence electrons. The number of aryl methyl sites for hydroxylation is 2. The zero-order valence-corrected chi connectivity index (χ0v) is 20.7. The number of nitrogens with one attached hydrogen (secondary N) is 1. The molecule has 4 rings (SSSR count). The molecule has 0 aliphatic carbocycles. The third-order valence-electron chi connectivity index (χ3n) is 6.06. The van der Waals surface area contributed by atoms with E-state index < -0.39 is 10.0 Å². The molecule has 0 saturated carbocycles. The van der Waals surface area contributed by atoms with Gasteiger partial charge < -0.3 is 9.47 Å². The standard InChI is InChI=1S/C25H29N3O3S2/c1-18-6-9-23(10-7-18)28-19(2)17-21(20(28)3)8-11-24(29)27-14-12-22(13-15-27)26-33(30,31)25-5-4-16-32-25/h4-11,16-17,22,26H,12-15H2,1-3H3/b11-8+. The fourth-order valence-corrected chi connectivity index (χ4v) is 6.54. The molecule has 1 N–H and O–H groups in total. The lowest BCUT2D eigenvalue weighted by atomic mass is 10.1. The van der Waals surface area contributed by atoms with E-state index >= 15 is 0 Å². The van der Waals surface area contributed by atoms with Crippen molar-refractivity contribution >= 4 is 33.3 Å². The highest BCUT2D eigenvalue weighted by molar-refractivity contribution is 7.91. The van der Waals surface area contributed by atoms with Crippen LogP contribution in [0.3, 0.4) is 0 Å². The first kappa shape index (κ1) is 23.5. The van der Waals surface area contributed by atoms with Gasteiger partial charge in [-0.1, -0.05) is 23.8 Å². The second-order valence-electron chi connectivity index (χ2n) is 8.48. The van der Waals surface area contributed by atoms with Crippen LogP contribution < -0.4 is 4.72 Å². The summed E-state index contributed by atoms with van der Waals surface area (Å²) >= 11 is 1.21. The smallest absolute Gasteiger partial charge is 0.250 e. The van der Waals surface area contributed by atoms with E-state index in [1.807, 2.05) is 6.08 Å². The molecule has 33 heavy (non-hydrogen) atoms. The van der Waals surface area contributed by atoms with Crippen LogP contribution in [0.4, 0.5) is 0 Å². The molecule has 0 bridgehead atoms. The van der Waals surface area contributed by atoms with E-state index in [9.17, 15) is 13.2 Å². The average Bonchev–Trinajstić information content (AvgIpc) is 3.42. The van der Waals surface area contributed by atoms with Crippen molar-refractivity contribution in [2.75, 3.05) is 13.1 Å². The minimum Gasteiger partial charge on any atom is -0.339 e. The van der Waals surface area contributed by atoms with Crippen molar-refractivity contribution in [3.8, 4) is 5.69 Å². The van der Waals surface area contributed by atoms with Crippen molar-refractivity contribution in [3.63, 3.8) is 0 Å². The number of aromatic nitrogens is 1. The number of nitrogens with zero attached hydrogens (tertiary/aromatic N) is 2. The van der Waals surface area contributed by atoms with Gasteiger partial charge >= 0.3 is 0 Å². The van der Waals surface area contributed by atoms with Crippen LogP contribution >= 0.6 is 11.3 Å². The van der Waals surface area contributed by atoms with Crippen LogP contribution in [0.2, 0.25) is 0 Å². The van der Waals surface area contributed by atoms with Crippen LogP contribution in [0.25, 0.3) is 11.8 Å². The first-order valence-corrected chi connectivity index (χ1v) is 13.4. The lowest BCUT2D eigenvalue weighted by Gasteiger charge is -2.31. The number of carbonyl (C=O) groups is 1. The number of sulfonamides is 1. The van der Waals surface area contributed by atoms with Crippen LogP contribution in [0.1, 0.15) is 35.4 Å². The molecule has 1 fully saturated rings. The van der Waals surface area contributed by atoms with Crippen LogP contribution in [0.15, 0.2) is 58.1 Å². The van der Waals surface area contributed by atoms with E-state index in [2.05, 4.69) is 60.4 Å². The molecule has 0 unspecified atom stereocenters. The normalized spacial score (nSPS) is 15.4. The topological polar surface area (TPSA) is 71.4 Å². The summed E-state index contributed by atoms with van der Waals surface area (Å²) < 4.78 is 30.1. The Balaban J connectivity index is 1.37. The minimum atomic E-state index is -3.48. The van der Waals surface area contributed by atoms with Crippen molar-refractivity contribution < 1.29 is 13.2 Å². The molecular formula is C25H29N3O3S2. The molecule has 1 amide bonds. The maximum Gasteiger partial charge on any atom is 0.250 e. The van der Waals surface area contributed by atoms with Gasteiger partial charge in [-0.05, 0) is 74.9 Å². The van der Waals surface area contributed by atoms with Crippen molar-refractivity contribution in [2.45, 2.75) is 43.9 Å². The predicted molar refractivity (Wildman–Crippen MR) is 133 cm³/mol. The maximum absolute atomic E-state index is 12.8. The van der Waals surface area contributed by atoms with Gasteiger partial charge in [-0.25, -0.2) is 13.1 Å². The molecule has 1 aliphatic heterocycles. The van der Waals surface area contributed by atoms with E-state index in [1.165, 1.54) is 16.9 Å². The average molecular weight is 484 g/mol. The van der Waals surface area contributed by atoms with E-state index in [1.54, 1.807) is 28.5 Å². The lowest BCUT2D eigenvalue weighted by Crippen LogP contribution is -2.46. The van der Waals surface area contributed by atoms with Gasteiger partial charge in [0, 0.05) is 42.3 Å². The molecule has 0 atom stereocenters. The largest absolute Gasteiger partial charge is 0.339 e. The molecule has 1 aromatic carbocycles. The van der Waals surface area contributed by atoms with Gasteiger partial charge in [-0.3, -0.25) is 4.79 Å². The summed E-state index contributed by atoms with van der Waals surface area (Å²) in [6, 6.07) is 13.7. The second-order valence-corrected chi connectivity index (χ2v) is 11.4. The summed E-state index contributed by atoms with van der Waals surface area (Å²) in [5, 5.41) is 1.75. The number of benzene rings is 1. The molecule has 2 aromatic heterocycles. The van der Waals surface area contributed by atoms with Crippen LogP contribution in [-0.2, 0) is 14.8 Å². The summed E-state index contributed by atoms with van der Waals surface area (Å²) in [5.74, 6) is -0.0466. The Kier molecular flexibility index (Phi) is 6.88. The second kappa shape index (κ2) is 9.67. The molecule has 8 heteroatoms. The van der Waals surface area contributed by atoms with E-state index in [4.69, 9.17) is 0 Å². The minimum absolute atomic E-state index is 0.0466. The highest BCUT2D eigenvalue weighted by Gasteiger charge is 2.26. The molecule has 6 nitrogen and oxygen atoms in total. The van der Waals surface area contributed by atoms with E-state index in [0.717, 1.165) is 22.6 Å². The number of likely N-dealkylation sites (tertiary alicyclic amines) is 1. The van der Waals surface area contributed by atoms with E-state index in [-0.39, 0.29) is 11.9 Å². The number of hydrogen-bond acceptors (Lipinski definition) is 4. The lowest BCUT2D eigenvalue weighted by molar-refractivity contribution is -0.126. The Morgan fingerprint density at radius 3 is 2.42 bits per heavy atom. The van der Waals surface area contributed by atoms with Gasteiger partial charge in [0.25, 0.3) is 0 Å². The van der Waals surface area contributed by atoms with Gasteiger partial charge in [0.2, 0.25) is 15.9 Å². The van der Waals surface area contributed by atoms with Crippen LogP contribution in [0.5, 0.6) is 0 Å². The molecule has 0 spiro atoms. The Bertz CT molecular complexity index is 1250. The van der Waals surface area contributed by atoms with Gasteiger partial charge in [0.15, 0.2) is 0 Å². The maximum atomic E-state index is 12.8. The fourth-order valence-electron chi connectivity index (χ4n) is 4.23. The summed E-state index contributed by atoms with van der Waals surface area (Å²) in [7, 11) is -3.48. The number of thiophene rings is 1. The Morgan fingerprint density at radius 2 is 1.79 bits per heavy atom. The third kappa shape index (κ3) is 5.29. The van der Waals surface area contributed by atoms with Crippen LogP contribution in [0, 0.1) is 20.8 Å². The summed E-state index contributed by atoms with van der Waals surface area (Å²) in [6.07, 6.45) is 4.70. The number of rotatable bonds is 6. The van der Waals surface area contributed by atoms with Gasteiger partial charge in [-0.2, -0.15) is 0 Å². The molecule has 0 radical (unpaired) electrons. The van der Waals surface area contributed by atoms with Crippen molar-refractivity contribution in [2.24, 2.45) is 0 Å². The summed E-state index contributed by atoms with van der Waals surface area (Å²) in [4.78, 5) is 14.5. The molecule has 1 saturated heterocycles. The van der Waals surface area contributed by atoms with Gasteiger partial charge in [0.1, 0.15) is 4.21 Å². The molecular weight excluding hydrogens is 454 g/mol. The summed E-state index contributed by atoms with van der Waals surface area (Å²) in [5.41, 5.74) is 5.54. The zero-order valence-electron chi connectivity index (χ0n) is 19.1. The first-order chi connectivity index (χ1) is 15.7.